The molecule has 0 atom stereocenters. The van der Waals surface area contributed by atoms with Crippen LogP contribution in [0.5, 0.6) is 0 Å². The minimum atomic E-state index is -3.67. The van der Waals surface area contributed by atoms with Crippen LogP contribution >= 0.6 is 0 Å². The zero-order valence-electron chi connectivity index (χ0n) is 15.6. The molecule has 1 saturated heterocycles. The van der Waals surface area contributed by atoms with Gasteiger partial charge in [-0.3, -0.25) is 9.52 Å². The minimum absolute atomic E-state index is 0.118. The Balaban J connectivity index is 1.90. The number of nitrogens with one attached hydrogen (secondary N) is 1. The van der Waals surface area contributed by atoms with E-state index in [9.17, 15) is 13.2 Å². The van der Waals surface area contributed by atoms with Crippen LogP contribution in [-0.2, 0) is 14.8 Å². The molecule has 3 rings (SSSR count). The Morgan fingerprint density at radius 1 is 0.923 bits per heavy atom. The first-order valence-corrected chi connectivity index (χ1v) is 10.2. The number of carbonyl (C=O) groups excluding carboxylic acids is 1. The SMILES string of the molecule is Cc1cc(C)c(S(=O)(=O)Nc2ccc(N3CCCC3=O)c(C)c2)cc1C. The second kappa shape index (κ2) is 6.76. The van der Waals surface area contributed by atoms with Crippen molar-refractivity contribution in [2.24, 2.45) is 0 Å². The molecule has 138 valence electrons. The molecule has 1 amide bonds. The lowest BCUT2D eigenvalue weighted by molar-refractivity contribution is -0.117. The highest BCUT2D eigenvalue weighted by Crippen LogP contribution is 2.29. The summed E-state index contributed by atoms with van der Waals surface area (Å²) < 4.78 is 28.3. The van der Waals surface area contributed by atoms with E-state index in [0.29, 0.717) is 18.7 Å². The second-order valence-corrected chi connectivity index (χ2v) is 8.61. The number of rotatable bonds is 4. The number of sulfonamides is 1. The molecule has 0 spiro atoms. The Bertz CT molecular complexity index is 981. The Labute approximate surface area is 155 Å². The standard InChI is InChI=1S/C20H24N2O3S/c1-13-10-16(4)19(12-14(13)2)26(24,25)21-17-7-8-18(15(3)11-17)22-9-5-6-20(22)23/h7-8,10-12,21H,5-6,9H2,1-4H3. The molecule has 2 aromatic rings. The molecular weight excluding hydrogens is 348 g/mol. The first-order valence-electron chi connectivity index (χ1n) is 8.71. The van der Waals surface area contributed by atoms with Crippen LogP contribution in [0.4, 0.5) is 11.4 Å². The van der Waals surface area contributed by atoms with Crippen LogP contribution in [0.1, 0.15) is 35.1 Å². The van der Waals surface area contributed by atoms with Crippen molar-refractivity contribution in [3.8, 4) is 0 Å². The number of benzene rings is 2. The number of hydrogen-bond donors (Lipinski definition) is 1. The molecule has 0 saturated carbocycles. The largest absolute Gasteiger partial charge is 0.312 e. The van der Waals surface area contributed by atoms with Gasteiger partial charge in [0.25, 0.3) is 10.0 Å². The summed E-state index contributed by atoms with van der Waals surface area (Å²) in [6.45, 7) is 8.27. The molecule has 1 fully saturated rings. The predicted molar refractivity (Wildman–Crippen MR) is 104 cm³/mol. The Morgan fingerprint density at radius 2 is 1.62 bits per heavy atom. The Kier molecular flexibility index (Phi) is 4.80. The summed E-state index contributed by atoms with van der Waals surface area (Å²) in [5.74, 6) is 0.118. The van der Waals surface area contributed by atoms with Crippen molar-refractivity contribution in [2.75, 3.05) is 16.2 Å². The molecule has 1 aliphatic heterocycles. The number of nitrogens with zero attached hydrogens (tertiary/aromatic N) is 1. The van der Waals surface area contributed by atoms with Crippen molar-refractivity contribution >= 4 is 27.3 Å². The number of hydrogen-bond acceptors (Lipinski definition) is 3. The number of amides is 1. The second-order valence-electron chi connectivity index (χ2n) is 6.96. The Morgan fingerprint density at radius 3 is 2.23 bits per heavy atom. The quantitative estimate of drug-likeness (QED) is 0.886. The average molecular weight is 372 g/mol. The Hall–Kier alpha value is -2.34. The fourth-order valence-electron chi connectivity index (χ4n) is 3.36. The summed E-state index contributed by atoms with van der Waals surface area (Å²) in [5, 5.41) is 0. The fourth-order valence-corrected chi connectivity index (χ4v) is 4.72. The maximum atomic E-state index is 12.8. The predicted octanol–water partition coefficient (Wildman–Crippen LogP) is 3.85. The van der Waals surface area contributed by atoms with E-state index in [4.69, 9.17) is 0 Å². The summed E-state index contributed by atoms with van der Waals surface area (Å²) >= 11 is 0. The molecule has 6 heteroatoms. The molecule has 1 aliphatic rings. The zero-order valence-corrected chi connectivity index (χ0v) is 16.4. The lowest BCUT2D eigenvalue weighted by Crippen LogP contribution is -2.24. The van der Waals surface area contributed by atoms with Crippen molar-refractivity contribution in [1.29, 1.82) is 0 Å². The van der Waals surface area contributed by atoms with Gasteiger partial charge in [-0.15, -0.1) is 0 Å². The molecule has 1 heterocycles. The van der Waals surface area contributed by atoms with E-state index in [1.54, 1.807) is 30.0 Å². The van der Waals surface area contributed by atoms with Crippen LogP contribution < -0.4 is 9.62 Å². The van der Waals surface area contributed by atoms with Gasteiger partial charge in [0.15, 0.2) is 0 Å². The summed E-state index contributed by atoms with van der Waals surface area (Å²) in [6.07, 6.45) is 1.43. The maximum Gasteiger partial charge on any atom is 0.262 e. The van der Waals surface area contributed by atoms with E-state index in [1.165, 1.54) is 0 Å². The van der Waals surface area contributed by atoms with Gasteiger partial charge in [-0.05, 0) is 80.6 Å². The third-order valence-electron chi connectivity index (χ3n) is 4.89. The van der Waals surface area contributed by atoms with Gasteiger partial charge in [0.1, 0.15) is 0 Å². The molecule has 0 radical (unpaired) electrons. The molecule has 0 unspecified atom stereocenters. The van der Waals surface area contributed by atoms with Crippen LogP contribution in [0.25, 0.3) is 0 Å². The summed E-state index contributed by atoms with van der Waals surface area (Å²) in [4.78, 5) is 14.0. The van der Waals surface area contributed by atoms with Gasteiger partial charge in [-0.25, -0.2) is 8.42 Å². The molecule has 5 nitrogen and oxygen atoms in total. The van der Waals surface area contributed by atoms with Crippen LogP contribution in [-0.4, -0.2) is 20.9 Å². The van der Waals surface area contributed by atoms with Crippen LogP contribution in [0.2, 0.25) is 0 Å². The van der Waals surface area contributed by atoms with Crippen molar-refractivity contribution in [2.45, 2.75) is 45.4 Å². The minimum Gasteiger partial charge on any atom is -0.312 e. The van der Waals surface area contributed by atoms with Gasteiger partial charge in [-0.2, -0.15) is 0 Å². The van der Waals surface area contributed by atoms with Gasteiger partial charge in [0.2, 0.25) is 5.91 Å². The van der Waals surface area contributed by atoms with Crippen molar-refractivity contribution in [1.82, 2.24) is 0 Å². The first kappa shape index (κ1) is 18.5. The molecule has 26 heavy (non-hydrogen) atoms. The zero-order chi connectivity index (χ0) is 19.1. The number of aryl methyl sites for hydroxylation is 4. The normalized spacial score (nSPS) is 14.8. The third kappa shape index (κ3) is 3.46. The van der Waals surface area contributed by atoms with E-state index < -0.39 is 10.0 Å². The highest BCUT2D eigenvalue weighted by atomic mass is 32.2. The smallest absolute Gasteiger partial charge is 0.262 e. The van der Waals surface area contributed by atoms with Gasteiger partial charge in [-0.1, -0.05) is 6.07 Å². The van der Waals surface area contributed by atoms with E-state index in [0.717, 1.165) is 34.4 Å². The summed E-state index contributed by atoms with van der Waals surface area (Å²) in [6, 6.07) is 8.88. The average Bonchev–Trinajstić information content (AvgIpc) is 2.96. The van der Waals surface area contributed by atoms with Crippen LogP contribution in [0.3, 0.4) is 0 Å². The van der Waals surface area contributed by atoms with Gasteiger partial charge in [0, 0.05) is 24.3 Å². The van der Waals surface area contributed by atoms with Crippen molar-refractivity contribution < 1.29 is 13.2 Å². The molecule has 0 aromatic heterocycles. The molecule has 0 aliphatic carbocycles. The molecular formula is C20H24N2O3S. The van der Waals surface area contributed by atoms with Gasteiger partial charge in [0.05, 0.1) is 4.90 Å². The van der Waals surface area contributed by atoms with Gasteiger partial charge < -0.3 is 4.90 Å². The molecule has 2 aromatic carbocycles. The van der Waals surface area contributed by atoms with Crippen LogP contribution in [0.15, 0.2) is 35.2 Å². The molecule has 1 N–H and O–H groups in total. The third-order valence-corrected chi connectivity index (χ3v) is 6.42. The lowest BCUT2D eigenvalue weighted by Gasteiger charge is -2.19. The number of anilines is 2. The summed E-state index contributed by atoms with van der Waals surface area (Å²) in [7, 11) is -3.67. The van der Waals surface area contributed by atoms with Gasteiger partial charge >= 0.3 is 0 Å². The highest BCUT2D eigenvalue weighted by Gasteiger charge is 2.24. The summed E-state index contributed by atoms with van der Waals surface area (Å²) in [5.41, 5.74) is 4.94. The fraction of sp³-hybridized carbons (Fsp3) is 0.350. The van der Waals surface area contributed by atoms with E-state index >= 15 is 0 Å². The lowest BCUT2D eigenvalue weighted by atomic mass is 10.1. The molecule has 0 bridgehead atoms. The highest BCUT2D eigenvalue weighted by molar-refractivity contribution is 7.92. The van der Waals surface area contributed by atoms with E-state index in [-0.39, 0.29) is 10.8 Å². The monoisotopic (exact) mass is 372 g/mol. The topological polar surface area (TPSA) is 66.5 Å². The first-order chi connectivity index (χ1) is 12.2. The van der Waals surface area contributed by atoms with Crippen LogP contribution in [0, 0.1) is 27.7 Å². The number of carbonyl (C=O) groups is 1. The maximum absolute atomic E-state index is 12.8. The van der Waals surface area contributed by atoms with E-state index in [1.807, 2.05) is 32.9 Å². The van der Waals surface area contributed by atoms with E-state index in [2.05, 4.69) is 4.72 Å². The van der Waals surface area contributed by atoms with Crippen molar-refractivity contribution in [3.05, 3.63) is 52.6 Å². The van der Waals surface area contributed by atoms with Crippen molar-refractivity contribution in [3.63, 3.8) is 0 Å².